The summed E-state index contributed by atoms with van der Waals surface area (Å²) in [6.07, 6.45) is -5.20. The predicted octanol–water partition coefficient (Wildman–Crippen LogP) is 3.06. The molecule has 3 aromatic rings. The number of benzene rings is 1. The third-order valence-corrected chi connectivity index (χ3v) is 7.19. The van der Waals surface area contributed by atoms with E-state index in [4.69, 9.17) is 9.79 Å². The number of aromatic nitrogens is 2. The van der Waals surface area contributed by atoms with Crippen molar-refractivity contribution in [1.29, 1.82) is 0 Å². The Morgan fingerprint density at radius 2 is 1.82 bits per heavy atom. The van der Waals surface area contributed by atoms with E-state index in [-0.39, 0.29) is 27.2 Å². The van der Waals surface area contributed by atoms with Crippen molar-refractivity contribution in [2.75, 3.05) is 6.26 Å². The van der Waals surface area contributed by atoms with E-state index in [1.54, 1.807) is 0 Å². The van der Waals surface area contributed by atoms with Gasteiger partial charge in [-0.2, -0.15) is 17.8 Å². The minimum Gasteiger partial charge on any atom is -0.380 e. The predicted molar refractivity (Wildman–Crippen MR) is 129 cm³/mol. The summed E-state index contributed by atoms with van der Waals surface area (Å²) in [4.78, 5) is 36.5. The van der Waals surface area contributed by atoms with Crippen LogP contribution in [0.25, 0.3) is 10.9 Å². The first-order chi connectivity index (χ1) is 17.6. The molecular formula is C22H24F4N3O8PS. The lowest BCUT2D eigenvalue weighted by atomic mass is 9.72. The van der Waals surface area contributed by atoms with E-state index in [1.165, 1.54) is 31.5 Å². The lowest BCUT2D eigenvalue weighted by molar-refractivity contribution is -0.266. The number of nitrogens with zero attached hydrogens (tertiary/aromatic N) is 1. The van der Waals surface area contributed by atoms with Gasteiger partial charge in [0.15, 0.2) is 20.5 Å². The van der Waals surface area contributed by atoms with Crippen molar-refractivity contribution >= 4 is 34.5 Å². The molecule has 0 radical (unpaired) electrons. The highest BCUT2D eigenvalue weighted by Crippen LogP contribution is 2.44. The molecule has 11 nitrogen and oxygen atoms in total. The lowest BCUT2D eigenvalue weighted by Crippen LogP contribution is -2.51. The number of fused-ring (bicyclic) bond motifs is 1. The molecule has 1 aromatic carbocycles. The number of aromatic amines is 1. The van der Waals surface area contributed by atoms with Gasteiger partial charge < -0.3 is 19.9 Å². The van der Waals surface area contributed by atoms with Crippen molar-refractivity contribution in [2.24, 2.45) is 0 Å². The lowest BCUT2D eigenvalue weighted by Gasteiger charge is -2.38. The number of nitrogens with one attached hydrogen (secondary N) is 2. The minimum atomic E-state index is -5.20. The molecule has 0 saturated carbocycles. The molecule has 5 N–H and O–H groups in total. The van der Waals surface area contributed by atoms with Crippen LogP contribution in [0, 0.1) is 5.82 Å². The first kappa shape index (κ1) is 30.7. The van der Waals surface area contributed by atoms with Crippen molar-refractivity contribution in [3.63, 3.8) is 0 Å². The van der Waals surface area contributed by atoms with E-state index in [1.807, 2.05) is 0 Å². The zero-order valence-corrected chi connectivity index (χ0v) is 22.3. The Morgan fingerprint density at radius 3 is 2.38 bits per heavy atom. The number of phosphoric acid groups is 1. The normalized spacial score (nSPS) is 14.8. The second-order valence-corrected chi connectivity index (χ2v) is 12.8. The first-order valence-corrected chi connectivity index (χ1v) is 14.3. The molecule has 3 rings (SSSR count). The number of aliphatic hydroxyl groups is 1. The third kappa shape index (κ3) is 7.21. The Bertz CT molecular complexity index is 1570. The van der Waals surface area contributed by atoms with Crippen LogP contribution in [0.1, 0.15) is 41.9 Å². The third-order valence-electron chi connectivity index (χ3n) is 5.87. The van der Waals surface area contributed by atoms with Crippen molar-refractivity contribution in [1.82, 2.24) is 15.4 Å². The van der Waals surface area contributed by atoms with Gasteiger partial charge in [-0.1, -0.05) is 19.9 Å². The summed E-state index contributed by atoms with van der Waals surface area (Å²) in [6, 6.07) is 4.94. The van der Waals surface area contributed by atoms with Crippen LogP contribution >= 0.6 is 7.82 Å². The van der Waals surface area contributed by atoms with E-state index in [0.29, 0.717) is 6.07 Å². The number of pyridine rings is 1. The van der Waals surface area contributed by atoms with Crippen molar-refractivity contribution in [3.05, 3.63) is 59.2 Å². The van der Waals surface area contributed by atoms with Crippen LogP contribution in [-0.2, 0) is 30.9 Å². The van der Waals surface area contributed by atoms with Gasteiger partial charge in [0.2, 0.25) is 0 Å². The number of carbonyl (C=O) groups is 1. The molecule has 0 aliphatic heterocycles. The van der Waals surface area contributed by atoms with Crippen LogP contribution in [0.2, 0.25) is 0 Å². The number of rotatable bonds is 9. The first-order valence-electron chi connectivity index (χ1n) is 10.9. The second kappa shape index (κ2) is 10.3. The van der Waals surface area contributed by atoms with Crippen molar-refractivity contribution < 1.29 is 54.9 Å². The highest BCUT2D eigenvalue weighted by Gasteiger charge is 2.56. The summed E-state index contributed by atoms with van der Waals surface area (Å²) in [5.41, 5.74) is -4.29. The molecule has 0 unspecified atom stereocenters. The monoisotopic (exact) mass is 597 g/mol. The molecule has 17 heteroatoms. The molecule has 0 fully saturated rings. The quantitative estimate of drug-likeness (QED) is 0.141. The van der Waals surface area contributed by atoms with Gasteiger partial charge in [-0.05, 0) is 41.7 Å². The largest absolute Gasteiger partial charge is 0.491 e. The highest BCUT2D eigenvalue weighted by atomic mass is 32.2. The summed E-state index contributed by atoms with van der Waals surface area (Å²) in [5, 5.41) is 10.9. The molecule has 2 aromatic heterocycles. The molecule has 214 valence electrons. The summed E-state index contributed by atoms with van der Waals surface area (Å²) in [5.74, 6) is -2.32. The van der Waals surface area contributed by atoms with Crippen LogP contribution in [0.5, 0.6) is 0 Å². The standard InChI is InChI=1S/C22H24F4N3O8PS/c1-20(2,16-5-4-13(23)8-15(16)19(30)29-37-38(32,33)34)11-21(31,22(24,25)26)9-14-6-12-7-18(39(3,35)36)27-10-17(12)28-14/h4-8,10,28,31H,9,11H2,1-3H3,(H,29,30)(H2,32,33,34)/t21-/m0/s1. The number of hydrogen-bond acceptors (Lipinski definition) is 7. The van der Waals surface area contributed by atoms with Crippen molar-refractivity contribution in [2.45, 2.75) is 48.9 Å². The number of hydroxylamine groups is 1. The van der Waals surface area contributed by atoms with Gasteiger partial charge in [0, 0.05) is 29.3 Å². The number of alkyl halides is 3. The van der Waals surface area contributed by atoms with Gasteiger partial charge in [0.05, 0.1) is 11.7 Å². The molecular weight excluding hydrogens is 573 g/mol. The smallest absolute Gasteiger partial charge is 0.380 e. The number of sulfone groups is 1. The number of hydrogen-bond donors (Lipinski definition) is 5. The summed E-state index contributed by atoms with van der Waals surface area (Å²) in [6.45, 7) is 2.51. The maximum absolute atomic E-state index is 14.3. The summed E-state index contributed by atoms with van der Waals surface area (Å²) < 4.78 is 95.1. The minimum absolute atomic E-state index is 0.0970. The average Bonchev–Trinajstić information content (AvgIpc) is 3.16. The van der Waals surface area contributed by atoms with Gasteiger partial charge in [-0.25, -0.2) is 27.8 Å². The number of halogens is 4. The van der Waals surface area contributed by atoms with Crippen LogP contribution in [0.4, 0.5) is 17.6 Å². The Labute approximate surface area is 219 Å². The fourth-order valence-corrected chi connectivity index (χ4v) is 5.01. The molecule has 0 bridgehead atoms. The molecule has 39 heavy (non-hydrogen) atoms. The molecule has 1 amide bonds. The zero-order valence-electron chi connectivity index (χ0n) is 20.6. The molecule has 0 aliphatic carbocycles. The van der Waals surface area contributed by atoms with E-state index in [9.17, 15) is 40.4 Å². The van der Waals surface area contributed by atoms with Crippen LogP contribution in [0.15, 0.2) is 41.6 Å². The van der Waals surface area contributed by atoms with E-state index in [0.717, 1.165) is 24.6 Å². The molecule has 1 atom stereocenters. The molecule has 0 spiro atoms. The number of amides is 1. The Balaban J connectivity index is 2.00. The summed E-state index contributed by atoms with van der Waals surface area (Å²) >= 11 is 0. The Hall–Kier alpha value is -2.88. The van der Waals surface area contributed by atoms with Gasteiger partial charge in [-0.15, -0.1) is 0 Å². The van der Waals surface area contributed by atoms with Gasteiger partial charge in [-0.3, -0.25) is 4.79 Å². The highest BCUT2D eigenvalue weighted by molar-refractivity contribution is 7.90. The Morgan fingerprint density at radius 1 is 1.18 bits per heavy atom. The topological polar surface area (TPSA) is 179 Å². The fourth-order valence-electron chi connectivity index (χ4n) is 4.22. The van der Waals surface area contributed by atoms with Crippen LogP contribution < -0.4 is 5.48 Å². The van der Waals surface area contributed by atoms with E-state index >= 15 is 0 Å². The second-order valence-electron chi connectivity index (χ2n) is 9.65. The van der Waals surface area contributed by atoms with Crippen molar-refractivity contribution in [3.8, 4) is 0 Å². The maximum Gasteiger partial charge on any atom is 0.491 e. The van der Waals surface area contributed by atoms with Crippen LogP contribution in [-0.4, -0.2) is 57.2 Å². The number of carbonyl (C=O) groups excluding carboxylic acids is 1. The van der Waals surface area contributed by atoms with Gasteiger partial charge in [0.25, 0.3) is 5.91 Å². The Kier molecular flexibility index (Phi) is 8.07. The van der Waals surface area contributed by atoms with E-state index in [2.05, 4.69) is 14.6 Å². The molecule has 0 aliphatic rings. The number of H-pyrrole nitrogens is 1. The fraction of sp³-hybridized carbons (Fsp3) is 0.364. The van der Waals surface area contributed by atoms with Crippen LogP contribution in [0.3, 0.4) is 0 Å². The zero-order chi connectivity index (χ0) is 29.6. The average molecular weight is 597 g/mol. The van der Waals surface area contributed by atoms with Gasteiger partial charge >= 0.3 is 14.0 Å². The SMILES string of the molecule is CC(C)(C[C@@](O)(Cc1cc2cc(S(C)(=O)=O)ncc2[nH]1)C(F)(F)F)c1ccc(F)cc1C(=O)NOP(=O)(O)O. The van der Waals surface area contributed by atoms with E-state index < -0.39 is 65.0 Å². The summed E-state index contributed by atoms with van der Waals surface area (Å²) in [7, 11) is -8.87. The molecule has 2 heterocycles. The molecule has 0 saturated heterocycles. The maximum atomic E-state index is 14.3. The van der Waals surface area contributed by atoms with Gasteiger partial charge in [0.1, 0.15) is 5.82 Å².